The third-order valence-electron chi connectivity index (χ3n) is 4.04. The number of nitrogens with zero attached hydrogens (tertiary/aromatic N) is 2. The first-order chi connectivity index (χ1) is 12.8. The topological polar surface area (TPSA) is 45.6 Å². The predicted molar refractivity (Wildman–Crippen MR) is 103 cm³/mol. The van der Waals surface area contributed by atoms with Crippen molar-refractivity contribution in [3.8, 4) is 5.75 Å². The maximum absolute atomic E-state index is 10.4. The highest BCUT2D eigenvalue weighted by atomic mass is 16.5. The zero-order valence-electron chi connectivity index (χ0n) is 14.7. The van der Waals surface area contributed by atoms with Gasteiger partial charge in [0, 0.05) is 25.8 Å². The zero-order valence-corrected chi connectivity index (χ0v) is 14.7. The molecule has 1 heterocycles. The summed E-state index contributed by atoms with van der Waals surface area (Å²) in [5.74, 6) is 0.671. The van der Waals surface area contributed by atoms with Crippen molar-refractivity contribution in [3.05, 3.63) is 96.3 Å². The summed E-state index contributed by atoms with van der Waals surface area (Å²) < 4.78 is 5.63. The molecule has 0 bridgehead atoms. The minimum atomic E-state index is -0.581. The Morgan fingerprint density at radius 2 is 1.46 bits per heavy atom. The maximum Gasteiger partial charge on any atom is 0.137 e. The number of aliphatic hydroxyl groups is 1. The highest BCUT2D eigenvalue weighted by Gasteiger charge is 2.14. The van der Waals surface area contributed by atoms with Gasteiger partial charge in [-0.2, -0.15) is 0 Å². The number of benzene rings is 2. The molecule has 1 unspecified atom stereocenters. The summed E-state index contributed by atoms with van der Waals surface area (Å²) in [6.07, 6.45) is 2.77. The first kappa shape index (κ1) is 18.1. The van der Waals surface area contributed by atoms with E-state index in [4.69, 9.17) is 4.74 Å². The van der Waals surface area contributed by atoms with E-state index in [2.05, 4.69) is 34.1 Å². The fraction of sp³-hybridized carbons (Fsp3) is 0.227. The summed E-state index contributed by atoms with van der Waals surface area (Å²) in [6.45, 7) is 2.33. The van der Waals surface area contributed by atoms with Gasteiger partial charge in [-0.3, -0.25) is 9.88 Å². The second-order valence-electron chi connectivity index (χ2n) is 6.29. The highest BCUT2D eigenvalue weighted by molar-refractivity contribution is 5.17. The lowest BCUT2D eigenvalue weighted by Gasteiger charge is -2.25. The molecule has 0 aliphatic rings. The minimum Gasteiger partial charge on any atom is -0.489 e. The molecule has 0 saturated carbocycles. The van der Waals surface area contributed by atoms with Gasteiger partial charge in [-0.25, -0.2) is 0 Å². The molecule has 0 radical (unpaired) electrons. The molecular formula is C22H24N2O2. The van der Waals surface area contributed by atoms with Crippen molar-refractivity contribution in [2.75, 3.05) is 13.2 Å². The molecule has 2 aromatic carbocycles. The third-order valence-corrected chi connectivity index (χ3v) is 4.04. The van der Waals surface area contributed by atoms with Gasteiger partial charge in [0.05, 0.1) is 6.20 Å². The van der Waals surface area contributed by atoms with Gasteiger partial charge in [0.2, 0.25) is 0 Å². The van der Waals surface area contributed by atoms with Crippen LogP contribution in [0.1, 0.15) is 11.1 Å². The molecule has 1 aromatic heterocycles. The largest absolute Gasteiger partial charge is 0.489 e. The van der Waals surface area contributed by atoms with Gasteiger partial charge in [-0.15, -0.1) is 0 Å². The van der Waals surface area contributed by atoms with Crippen LogP contribution in [0.3, 0.4) is 0 Å². The number of rotatable bonds is 9. The molecule has 0 aliphatic carbocycles. The van der Waals surface area contributed by atoms with Gasteiger partial charge >= 0.3 is 0 Å². The van der Waals surface area contributed by atoms with E-state index in [-0.39, 0.29) is 6.61 Å². The normalized spacial score (nSPS) is 12.1. The van der Waals surface area contributed by atoms with Crippen molar-refractivity contribution in [2.45, 2.75) is 19.2 Å². The summed E-state index contributed by atoms with van der Waals surface area (Å²) in [5, 5.41) is 10.4. The van der Waals surface area contributed by atoms with Gasteiger partial charge in [-0.05, 0) is 23.3 Å². The molecule has 4 heteroatoms. The molecule has 134 valence electrons. The standard InChI is InChI=1S/C22H24N2O2/c25-21(18-26-22-12-7-13-23-14-22)17-24(15-19-8-3-1-4-9-19)16-20-10-5-2-6-11-20/h1-14,21,25H,15-18H2. The average molecular weight is 348 g/mol. The van der Waals surface area contributed by atoms with Crippen LogP contribution in [0, 0.1) is 0 Å². The minimum absolute atomic E-state index is 0.242. The number of pyridine rings is 1. The van der Waals surface area contributed by atoms with E-state index in [0.29, 0.717) is 12.3 Å². The van der Waals surface area contributed by atoms with Gasteiger partial charge < -0.3 is 9.84 Å². The summed E-state index contributed by atoms with van der Waals surface area (Å²) in [4.78, 5) is 6.26. The van der Waals surface area contributed by atoms with Crippen LogP contribution in [-0.4, -0.2) is 34.2 Å². The summed E-state index contributed by atoms with van der Waals surface area (Å²) in [6, 6.07) is 24.3. The number of aromatic nitrogens is 1. The van der Waals surface area contributed by atoms with Crippen LogP contribution in [0.2, 0.25) is 0 Å². The first-order valence-electron chi connectivity index (χ1n) is 8.81. The van der Waals surface area contributed by atoms with Gasteiger partial charge in [-0.1, -0.05) is 60.7 Å². The van der Waals surface area contributed by atoms with Crippen molar-refractivity contribution in [2.24, 2.45) is 0 Å². The Hall–Kier alpha value is -2.69. The molecule has 1 N–H and O–H groups in total. The van der Waals surface area contributed by atoms with Crippen LogP contribution < -0.4 is 4.74 Å². The molecule has 4 nitrogen and oxygen atoms in total. The van der Waals surface area contributed by atoms with E-state index < -0.39 is 6.10 Å². The smallest absolute Gasteiger partial charge is 0.137 e. The lowest BCUT2D eigenvalue weighted by molar-refractivity contribution is 0.0627. The SMILES string of the molecule is OC(COc1cccnc1)CN(Cc1ccccc1)Cc1ccccc1. The van der Waals surface area contributed by atoms with Crippen molar-refractivity contribution >= 4 is 0 Å². The fourth-order valence-corrected chi connectivity index (χ4v) is 2.84. The van der Waals surface area contributed by atoms with E-state index in [1.54, 1.807) is 12.4 Å². The predicted octanol–water partition coefficient (Wildman–Crippen LogP) is 3.52. The Morgan fingerprint density at radius 3 is 2.00 bits per heavy atom. The molecule has 0 aliphatic heterocycles. The molecule has 3 aromatic rings. The second kappa shape index (κ2) is 9.70. The highest BCUT2D eigenvalue weighted by Crippen LogP contribution is 2.12. The fourth-order valence-electron chi connectivity index (χ4n) is 2.84. The Labute approximate surface area is 154 Å². The van der Waals surface area contributed by atoms with Crippen molar-refractivity contribution in [1.29, 1.82) is 0 Å². The van der Waals surface area contributed by atoms with E-state index in [1.807, 2.05) is 48.5 Å². The maximum atomic E-state index is 10.4. The Bertz CT molecular complexity index is 709. The van der Waals surface area contributed by atoms with Gasteiger partial charge in [0.1, 0.15) is 18.5 Å². The van der Waals surface area contributed by atoms with Crippen molar-refractivity contribution in [3.63, 3.8) is 0 Å². The quantitative estimate of drug-likeness (QED) is 0.643. The number of hydrogen-bond acceptors (Lipinski definition) is 4. The lowest BCUT2D eigenvalue weighted by Crippen LogP contribution is -2.35. The number of hydrogen-bond donors (Lipinski definition) is 1. The summed E-state index contributed by atoms with van der Waals surface area (Å²) in [5.41, 5.74) is 2.45. The van der Waals surface area contributed by atoms with Gasteiger partial charge in [0.15, 0.2) is 0 Å². The van der Waals surface area contributed by atoms with Gasteiger partial charge in [0.25, 0.3) is 0 Å². The molecule has 1 atom stereocenters. The molecule has 0 fully saturated rings. The summed E-state index contributed by atoms with van der Waals surface area (Å²) in [7, 11) is 0. The van der Waals surface area contributed by atoms with Crippen LogP contribution in [0.4, 0.5) is 0 Å². The van der Waals surface area contributed by atoms with Crippen molar-refractivity contribution in [1.82, 2.24) is 9.88 Å². The Balaban J connectivity index is 1.60. The van der Waals surface area contributed by atoms with E-state index >= 15 is 0 Å². The van der Waals surface area contributed by atoms with Crippen LogP contribution in [0.5, 0.6) is 5.75 Å². The third kappa shape index (κ3) is 5.99. The van der Waals surface area contributed by atoms with Crippen LogP contribution in [0.25, 0.3) is 0 Å². The monoisotopic (exact) mass is 348 g/mol. The average Bonchev–Trinajstić information content (AvgIpc) is 2.69. The van der Waals surface area contributed by atoms with E-state index in [9.17, 15) is 5.11 Å². The lowest BCUT2D eigenvalue weighted by atomic mass is 10.1. The van der Waals surface area contributed by atoms with Crippen LogP contribution in [0.15, 0.2) is 85.2 Å². The Kier molecular flexibility index (Phi) is 6.76. The first-order valence-corrected chi connectivity index (χ1v) is 8.81. The molecular weight excluding hydrogens is 324 g/mol. The molecule has 0 amide bonds. The Morgan fingerprint density at radius 1 is 0.846 bits per heavy atom. The second-order valence-corrected chi connectivity index (χ2v) is 6.29. The van der Waals surface area contributed by atoms with Crippen LogP contribution >= 0.6 is 0 Å². The van der Waals surface area contributed by atoms with Crippen molar-refractivity contribution < 1.29 is 9.84 Å². The van der Waals surface area contributed by atoms with Crippen LogP contribution in [-0.2, 0) is 13.1 Å². The molecule has 26 heavy (non-hydrogen) atoms. The van der Waals surface area contributed by atoms with E-state index in [0.717, 1.165) is 13.1 Å². The molecule has 3 rings (SSSR count). The molecule has 0 spiro atoms. The molecule has 0 saturated heterocycles. The van der Waals surface area contributed by atoms with E-state index in [1.165, 1.54) is 11.1 Å². The summed E-state index contributed by atoms with van der Waals surface area (Å²) >= 11 is 0. The number of aliphatic hydroxyl groups excluding tert-OH is 1. The zero-order chi connectivity index (χ0) is 18.0. The number of ether oxygens (including phenoxy) is 1.